The van der Waals surface area contributed by atoms with Gasteiger partial charge >= 0.3 is 0 Å². The molecule has 2 fully saturated rings. The van der Waals surface area contributed by atoms with Gasteiger partial charge < -0.3 is 20.1 Å². The minimum absolute atomic E-state index is 0.120. The predicted molar refractivity (Wildman–Crippen MR) is 58.1 cm³/mol. The van der Waals surface area contributed by atoms with Crippen LogP contribution in [-0.2, 0) is 4.74 Å². The normalized spacial score (nSPS) is 41.4. The Labute approximate surface area is 95.6 Å². The molecule has 2 rings (SSSR count). The molecule has 3 N–H and O–H groups in total. The number of rotatable bonds is 3. The molecule has 94 valence electrons. The molecule has 0 unspecified atom stereocenters. The third-order valence-corrected chi connectivity index (χ3v) is 3.62. The molecule has 2 aliphatic heterocycles. The maximum atomic E-state index is 9.79. The van der Waals surface area contributed by atoms with Crippen LogP contribution in [0.15, 0.2) is 0 Å². The van der Waals surface area contributed by atoms with Gasteiger partial charge in [0.05, 0.1) is 31.0 Å². The number of aliphatic hydroxyl groups excluding tert-OH is 3. The SMILES string of the molecule is OC[C@@H]1[C@@H](O)[C@H](O)CCN1C[C@H]1CCCO1. The van der Waals surface area contributed by atoms with Crippen LogP contribution < -0.4 is 0 Å². The topological polar surface area (TPSA) is 73.2 Å². The Morgan fingerprint density at radius 1 is 1.25 bits per heavy atom. The summed E-state index contributed by atoms with van der Waals surface area (Å²) in [5.41, 5.74) is 0. The second kappa shape index (κ2) is 5.42. The van der Waals surface area contributed by atoms with Crippen molar-refractivity contribution in [2.24, 2.45) is 0 Å². The lowest BCUT2D eigenvalue weighted by molar-refractivity contribution is -0.0982. The fourth-order valence-corrected chi connectivity index (χ4v) is 2.61. The molecule has 2 aliphatic rings. The van der Waals surface area contributed by atoms with E-state index in [1.807, 2.05) is 4.90 Å². The molecule has 16 heavy (non-hydrogen) atoms. The van der Waals surface area contributed by atoms with E-state index in [4.69, 9.17) is 4.74 Å². The van der Waals surface area contributed by atoms with Crippen molar-refractivity contribution in [1.29, 1.82) is 0 Å². The summed E-state index contributed by atoms with van der Waals surface area (Å²) in [5, 5.41) is 28.6. The lowest BCUT2D eigenvalue weighted by Crippen LogP contribution is -2.57. The number of likely N-dealkylation sites (tertiary alicyclic amines) is 1. The largest absolute Gasteiger partial charge is 0.395 e. The van der Waals surface area contributed by atoms with E-state index in [1.54, 1.807) is 0 Å². The van der Waals surface area contributed by atoms with Gasteiger partial charge in [0.15, 0.2) is 0 Å². The number of ether oxygens (including phenoxy) is 1. The van der Waals surface area contributed by atoms with Crippen LogP contribution in [0.3, 0.4) is 0 Å². The van der Waals surface area contributed by atoms with Crippen molar-refractivity contribution in [1.82, 2.24) is 4.90 Å². The quantitative estimate of drug-likeness (QED) is 0.578. The highest BCUT2D eigenvalue weighted by Crippen LogP contribution is 2.21. The number of nitrogens with zero attached hydrogens (tertiary/aromatic N) is 1. The second-order valence-electron chi connectivity index (χ2n) is 4.73. The molecule has 2 saturated heterocycles. The number of aliphatic hydroxyl groups is 3. The highest BCUT2D eigenvalue weighted by molar-refractivity contribution is 4.90. The molecule has 5 heteroatoms. The Balaban J connectivity index is 1.91. The van der Waals surface area contributed by atoms with Gasteiger partial charge in [-0.2, -0.15) is 0 Å². The summed E-state index contributed by atoms with van der Waals surface area (Å²) in [6, 6.07) is -0.354. The molecule has 4 atom stereocenters. The molecule has 0 aromatic rings. The zero-order valence-electron chi connectivity index (χ0n) is 9.46. The van der Waals surface area contributed by atoms with E-state index in [1.165, 1.54) is 0 Å². The minimum atomic E-state index is -0.847. The van der Waals surface area contributed by atoms with Crippen molar-refractivity contribution in [3.05, 3.63) is 0 Å². The first-order valence-electron chi connectivity index (χ1n) is 6.05. The Kier molecular flexibility index (Phi) is 4.16. The average molecular weight is 231 g/mol. The standard InChI is InChI=1S/C11H21NO4/c13-7-9-11(15)10(14)3-4-12(9)6-8-2-1-5-16-8/h8-11,13-15H,1-7H2/t8-,9-,10-,11-/m1/s1. The van der Waals surface area contributed by atoms with E-state index in [0.717, 1.165) is 26.0 Å². The van der Waals surface area contributed by atoms with Crippen molar-refractivity contribution < 1.29 is 20.1 Å². The van der Waals surface area contributed by atoms with Crippen LogP contribution in [0.2, 0.25) is 0 Å². The fourth-order valence-electron chi connectivity index (χ4n) is 2.61. The number of piperidine rings is 1. The Hall–Kier alpha value is -0.200. The van der Waals surface area contributed by atoms with Crippen LogP contribution >= 0.6 is 0 Å². The van der Waals surface area contributed by atoms with Crippen molar-refractivity contribution in [2.45, 2.75) is 43.6 Å². The van der Waals surface area contributed by atoms with Crippen LogP contribution in [0.4, 0.5) is 0 Å². The Morgan fingerprint density at radius 2 is 2.06 bits per heavy atom. The zero-order valence-corrected chi connectivity index (χ0v) is 9.46. The van der Waals surface area contributed by atoms with Gasteiger partial charge in [-0.25, -0.2) is 0 Å². The third kappa shape index (κ3) is 2.55. The number of hydrogen-bond acceptors (Lipinski definition) is 5. The summed E-state index contributed by atoms with van der Waals surface area (Å²) in [4.78, 5) is 2.04. The van der Waals surface area contributed by atoms with E-state index in [0.29, 0.717) is 13.0 Å². The van der Waals surface area contributed by atoms with Gasteiger partial charge in [0, 0.05) is 19.7 Å². The number of hydrogen-bond donors (Lipinski definition) is 3. The molecule has 2 heterocycles. The summed E-state index contributed by atoms with van der Waals surface area (Å²) in [6.45, 7) is 2.15. The molecule has 0 aromatic heterocycles. The molecular weight excluding hydrogens is 210 g/mol. The lowest BCUT2D eigenvalue weighted by atomic mass is 9.96. The first kappa shape index (κ1) is 12.3. The first-order valence-corrected chi connectivity index (χ1v) is 6.05. The molecule has 0 radical (unpaired) electrons. The molecule has 0 aliphatic carbocycles. The van der Waals surface area contributed by atoms with Crippen molar-refractivity contribution >= 4 is 0 Å². The van der Waals surface area contributed by atoms with Crippen LogP contribution in [-0.4, -0.2) is 70.9 Å². The highest BCUT2D eigenvalue weighted by Gasteiger charge is 2.36. The van der Waals surface area contributed by atoms with Crippen molar-refractivity contribution in [3.63, 3.8) is 0 Å². The monoisotopic (exact) mass is 231 g/mol. The summed E-state index contributed by atoms with van der Waals surface area (Å²) >= 11 is 0. The predicted octanol–water partition coefficient (Wildman–Crippen LogP) is -1.05. The second-order valence-corrected chi connectivity index (χ2v) is 4.73. The van der Waals surface area contributed by atoms with Gasteiger partial charge in [-0.1, -0.05) is 0 Å². The van der Waals surface area contributed by atoms with E-state index in [9.17, 15) is 15.3 Å². The molecule has 0 aromatic carbocycles. The first-order chi connectivity index (χ1) is 7.72. The van der Waals surface area contributed by atoms with Crippen LogP contribution in [0, 0.1) is 0 Å². The third-order valence-electron chi connectivity index (χ3n) is 3.62. The maximum absolute atomic E-state index is 9.79. The molecule has 0 bridgehead atoms. The molecule has 0 spiro atoms. The maximum Gasteiger partial charge on any atom is 0.0976 e. The molecule has 0 amide bonds. The smallest absolute Gasteiger partial charge is 0.0976 e. The minimum Gasteiger partial charge on any atom is -0.395 e. The van der Waals surface area contributed by atoms with Crippen LogP contribution in [0.1, 0.15) is 19.3 Å². The zero-order chi connectivity index (χ0) is 11.5. The van der Waals surface area contributed by atoms with Crippen molar-refractivity contribution in [3.8, 4) is 0 Å². The van der Waals surface area contributed by atoms with Crippen LogP contribution in [0.5, 0.6) is 0 Å². The van der Waals surface area contributed by atoms with Gasteiger partial charge in [0.2, 0.25) is 0 Å². The van der Waals surface area contributed by atoms with Crippen LogP contribution in [0.25, 0.3) is 0 Å². The van der Waals surface area contributed by atoms with Gasteiger partial charge in [-0.05, 0) is 19.3 Å². The fraction of sp³-hybridized carbons (Fsp3) is 1.00. The average Bonchev–Trinajstić information content (AvgIpc) is 2.77. The van der Waals surface area contributed by atoms with Gasteiger partial charge in [-0.3, -0.25) is 4.90 Å². The van der Waals surface area contributed by atoms with Gasteiger partial charge in [-0.15, -0.1) is 0 Å². The van der Waals surface area contributed by atoms with E-state index < -0.39 is 12.2 Å². The van der Waals surface area contributed by atoms with Crippen molar-refractivity contribution in [2.75, 3.05) is 26.3 Å². The summed E-state index contributed by atoms with van der Waals surface area (Å²) in [5.74, 6) is 0. The molecular formula is C11H21NO4. The molecule has 5 nitrogen and oxygen atoms in total. The summed E-state index contributed by atoms with van der Waals surface area (Å²) < 4.78 is 5.54. The Morgan fingerprint density at radius 3 is 2.69 bits per heavy atom. The van der Waals surface area contributed by atoms with Gasteiger partial charge in [0.25, 0.3) is 0 Å². The van der Waals surface area contributed by atoms with E-state index in [2.05, 4.69) is 0 Å². The van der Waals surface area contributed by atoms with E-state index >= 15 is 0 Å². The summed E-state index contributed by atoms with van der Waals surface area (Å²) in [7, 11) is 0. The molecule has 0 saturated carbocycles. The van der Waals surface area contributed by atoms with Gasteiger partial charge in [0.1, 0.15) is 0 Å². The van der Waals surface area contributed by atoms with E-state index in [-0.39, 0.29) is 18.8 Å². The highest BCUT2D eigenvalue weighted by atomic mass is 16.5. The summed E-state index contributed by atoms with van der Waals surface area (Å²) in [6.07, 6.45) is 1.36. The lowest BCUT2D eigenvalue weighted by Gasteiger charge is -2.41. The Bertz CT molecular complexity index is 220.